The monoisotopic (exact) mass is 549 g/mol. The number of nitrogens with zero attached hydrogens (tertiary/aromatic N) is 2. The van der Waals surface area contributed by atoms with Gasteiger partial charge >= 0.3 is 6.18 Å². The number of halogens is 4. The molecular weight excluding hydrogens is 526 g/mol. The van der Waals surface area contributed by atoms with Gasteiger partial charge in [0.1, 0.15) is 0 Å². The molecule has 7 nitrogen and oxygen atoms in total. The van der Waals surface area contributed by atoms with Gasteiger partial charge in [-0.2, -0.15) is 13.2 Å². The topological polar surface area (TPSA) is 90.3 Å². The number of hydrogen-bond donors (Lipinski definition) is 1. The molecule has 0 fully saturated rings. The van der Waals surface area contributed by atoms with Gasteiger partial charge in [-0.25, -0.2) is 17.8 Å². The largest absolute Gasteiger partial charge is 0.494 e. The maximum absolute atomic E-state index is 14.7. The molecule has 0 aliphatic rings. The molecule has 0 radical (unpaired) electrons. The van der Waals surface area contributed by atoms with E-state index in [4.69, 9.17) is 4.74 Å². The van der Waals surface area contributed by atoms with Crippen LogP contribution in [0, 0.1) is 5.82 Å². The average Bonchev–Trinajstić information content (AvgIpc) is 3.27. The van der Waals surface area contributed by atoms with Gasteiger partial charge in [-0.05, 0) is 42.0 Å². The summed E-state index contributed by atoms with van der Waals surface area (Å²) in [5.74, 6) is -2.69. The number of imidazole rings is 1. The number of hydrogen-bond acceptors (Lipinski definition) is 5. The predicted molar refractivity (Wildman–Crippen MR) is 132 cm³/mol. The molecule has 4 aromatic rings. The minimum Gasteiger partial charge on any atom is -0.494 e. The lowest BCUT2D eigenvalue weighted by Crippen LogP contribution is -2.22. The summed E-state index contributed by atoms with van der Waals surface area (Å²) in [7, 11) is -2.09. The van der Waals surface area contributed by atoms with Crippen molar-refractivity contribution >= 4 is 26.8 Å². The van der Waals surface area contributed by atoms with Crippen molar-refractivity contribution in [2.24, 2.45) is 0 Å². The summed E-state index contributed by atoms with van der Waals surface area (Å²) in [4.78, 5) is 16.6. The van der Waals surface area contributed by atoms with Crippen molar-refractivity contribution in [2.75, 3.05) is 12.9 Å². The number of carbonyl (C=O) groups is 1. The standard InChI is InChI=1S/C26H23F4N3O4S/c1-3-38(35,36)19-10-7-16(8-11-19)14-31-24(34)17-9-12-21-20(13-17)32-25(26(28,29)30)33(21)15-18-5-4-6-22(37-2)23(18)27/h4-13H,3,14-15H2,1-2H3,(H,31,34). The lowest BCUT2D eigenvalue weighted by atomic mass is 10.1. The van der Waals surface area contributed by atoms with Crippen LogP contribution in [0.4, 0.5) is 17.6 Å². The van der Waals surface area contributed by atoms with E-state index < -0.39 is 40.1 Å². The Morgan fingerprint density at radius 2 is 1.79 bits per heavy atom. The minimum atomic E-state index is -4.83. The fraction of sp³-hybridized carbons (Fsp3) is 0.231. The number of nitrogens with one attached hydrogen (secondary N) is 1. The fourth-order valence-electron chi connectivity index (χ4n) is 3.92. The van der Waals surface area contributed by atoms with Crippen LogP contribution in [0.25, 0.3) is 11.0 Å². The highest BCUT2D eigenvalue weighted by molar-refractivity contribution is 7.91. The van der Waals surface area contributed by atoms with Crippen molar-refractivity contribution in [1.82, 2.24) is 14.9 Å². The third kappa shape index (κ3) is 5.49. The first kappa shape index (κ1) is 27.1. The van der Waals surface area contributed by atoms with Crippen LogP contribution in [-0.2, 0) is 29.1 Å². The van der Waals surface area contributed by atoms with Gasteiger partial charge < -0.3 is 14.6 Å². The highest BCUT2D eigenvalue weighted by Crippen LogP contribution is 2.33. The summed E-state index contributed by atoms with van der Waals surface area (Å²) in [5.41, 5.74) is 0.687. The van der Waals surface area contributed by atoms with E-state index in [1.807, 2.05) is 0 Å². The Kier molecular flexibility index (Phi) is 7.45. The molecule has 12 heteroatoms. The first-order valence-electron chi connectivity index (χ1n) is 11.4. The number of ether oxygens (including phenoxy) is 1. The summed E-state index contributed by atoms with van der Waals surface area (Å²) in [5, 5.41) is 2.66. The smallest absolute Gasteiger partial charge is 0.449 e. The maximum Gasteiger partial charge on any atom is 0.449 e. The highest BCUT2D eigenvalue weighted by atomic mass is 32.2. The molecule has 0 saturated carbocycles. The van der Waals surface area contributed by atoms with Crippen molar-refractivity contribution in [3.63, 3.8) is 0 Å². The molecule has 0 atom stereocenters. The van der Waals surface area contributed by atoms with Crippen LogP contribution < -0.4 is 10.1 Å². The van der Waals surface area contributed by atoms with E-state index >= 15 is 0 Å². The predicted octanol–water partition coefficient (Wildman–Crippen LogP) is 4.97. The van der Waals surface area contributed by atoms with E-state index in [2.05, 4.69) is 10.3 Å². The van der Waals surface area contributed by atoms with Crippen molar-refractivity contribution in [2.45, 2.75) is 31.1 Å². The lowest BCUT2D eigenvalue weighted by Gasteiger charge is -2.13. The van der Waals surface area contributed by atoms with Crippen LogP contribution in [0.2, 0.25) is 0 Å². The van der Waals surface area contributed by atoms with Gasteiger partial charge in [0.2, 0.25) is 5.82 Å². The van der Waals surface area contributed by atoms with E-state index in [0.717, 1.165) is 4.57 Å². The summed E-state index contributed by atoms with van der Waals surface area (Å²) < 4.78 is 85.7. The van der Waals surface area contributed by atoms with Crippen molar-refractivity contribution in [1.29, 1.82) is 0 Å². The molecule has 4 rings (SSSR count). The van der Waals surface area contributed by atoms with E-state index in [9.17, 15) is 30.8 Å². The number of sulfone groups is 1. The Balaban J connectivity index is 1.59. The van der Waals surface area contributed by atoms with E-state index in [-0.39, 0.29) is 45.1 Å². The zero-order valence-electron chi connectivity index (χ0n) is 20.3. The second-order valence-electron chi connectivity index (χ2n) is 8.39. The van der Waals surface area contributed by atoms with Crippen LogP contribution >= 0.6 is 0 Å². The number of methoxy groups -OCH3 is 1. The molecule has 200 valence electrons. The van der Waals surface area contributed by atoms with Gasteiger partial charge in [-0.15, -0.1) is 0 Å². The molecule has 1 heterocycles. The summed E-state index contributed by atoms with van der Waals surface area (Å²) >= 11 is 0. The first-order valence-corrected chi connectivity index (χ1v) is 13.1. The van der Waals surface area contributed by atoms with Crippen molar-refractivity contribution < 1.29 is 35.5 Å². The van der Waals surface area contributed by atoms with Crippen LogP contribution in [-0.4, -0.2) is 36.7 Å². The maximum atomic E-state index is 14.7. The molecule has 1 N–H and O–H groups in total. The third-order valence-electron chi connectivity index (χ3n) is 5.97. The third-order valence-corrected chi connectivity index (χ3v) is 7.72. The Hall–Kier alpha value is -3.93. The number of carbonyl (C=O) groups excluding carboxylic acids is 1. The molecule has 38 heavy (non-hydrogen) atoms. The highest BCUT2D eigenvalue weighted by Gasteiger charge is 2.38. The second-order valence-corrected chi connectivity index (χ2v) is 10.7. The normalized spacial score (nSPS) is 12.1. The zero-order chi connectivity index (χ0) is 27.7. The second kappa shape index (κ2) is 10.4. The Morgan fingerprint density at radius 3 is 2.42 bits per heavy atom. The van der Waals surface area contributed by atoms with Gasteiger partial charge in [0.15, 0.2) is 21.4 Å². The SMILES string of the molecule is CCS(=O)(=O)c1ccc(CNC(=O)c2ccc3c(c2)nc(C(F)(F)F)n3Cc2cccc(OC)c2F)cc1. The van der Waals surface area contributed by atoms with E-state index in [1.54, 1.807) is 12.1 Å². The first-order chi connectivity index (χ1) is 17.9. The van der Waals surface area contributed by atoms with Crippen LogP contribution in [0.15, 0.2) is 65.6 Å². The average molecular weight is 550 g/mol. The zero-order valence-corrected chi connectivity index (χ0v) is 21.2. The number of fused-ring (bicyclic) bond motifs is 1. The number of amides is 1. The summed E-state index contributed by atoms with van der Waals surface area (Å²) in [6, 6.07) is 14.1. The molecule has 0 spiro atoms. The quantitative estimate of drug-likeness (QED) is 0.314. The molecular formula is C26H23F4N3O4S. The van der Waals surface area contributed by atoms with Gasteiger partial charge in [0, 0.05) is 17.7 Å². The Morgan fingerprint density at radius 1 is 1.08 bits per heavy atom. The van der Waals surface area contributed by atoms with Gasteiger partial charge in [-0.1, -0.05) is 31.2 Å². The van der Waals surface area contributed by atoms with E-state index in [1.165, 1.54) is 62.6 Å². The molecule has 0 unspecified atom stereocenters. The number of aromatic nitrogens is 2. The van der Waals surface area contributed by atoms with Crippen LogP contribution in [0.3, 0.4) is 0 Å². The van der Waals surface area contributed by atoms with Gasteiger partial charge in [0.05, 0.1) is 35.3 Å². The summed E-state index contributed by atoms with van der Waals surface area (Å²) in [6.45, 7) is 1.16. The van der Waals surface area contributed by atoms with Crippen molar-refractivity contribution in [3.8, 4) is 5.75 Å². The lowest BCUT2D eigenvalue weighted by molar-refractivity contribution is -0.146. The number of rotatable bonds is 8. The Labute approximate surface area is 216 Å². The van der Waals surface area contributed by atoms with Gasteiger partial charge in [0.25, 0.3) is 5.91 Å². The molecule has 0 aliphatic carbocycles. The molecule has 3 aromatic carbocycles. The number of benzene rings is 3. The van der Waals surface area contributed by atoms with Crippen molar-refractivity contribution in [3.05, 3.63) is 89.0 Å². The molecule has 0 bridgehead atoms. The summed E-state index contributed by atoms with van der Waals surface area (Å²) in [6.07, 6.45) is -4.83. The fourth-order valence-corrected chi connectivity index (χ4v) is 4.80. The molecule has 0 saturated heterocycles. The van der Waals surface area contributed by atoms with Gasteiger partial charge in [-0.3, -0.25) is 4.79 Å². The molecule has 1 amide bonds. The Bertz CT molecular complexity index is 1600. The van der Waals surface area contributed by atoms with Crippen LogP contribution in [0.5, 0.6) is 5.75 Å². The minimum absolute atomic E-state index is 0.0197. The number of alkyl halides is 3. The van der Waals surface area contributed by atoms with E-state index in [0.29, 0.717) is 5.56 Å². The molecule has 1 aromatic heterocycles. The van der Waals surface area contributed by atoms with Crippen LogP contribution in [0.1, 0.15) is 34.2 Å². The molecule has 0 aliphatic heterocycles.